The van der Waals surface area contributed by atoms with Crippen LogP contribution < -0.4 is 5.32 Å². The second kappa shape index (κ2) is 4.13. The van der Waals surface area contributed by atoms with Crippen molar-refractivity contribution in [3.8, 4) is 0 Å². The Morgan fingerprint density at radius 3 is 2.57 bits per heavy atom. The summed E-state index contributed by atoms with van der Waals surface area (Å²) in [7, 11) is 3.64. The van der Waals surface area contributed by atoms with Gasteiger partial charge in [-0.2, -0.15) is 0 Å². The number of likely N-dealkylation sites (N-methyl/N-ethyl adjacent to an activating group) is 1. The normalized spacial score (nSPS) is 10.9. The number of hydrogen-bond donors (Lipinski definition) is 1. The van der Waals surface area contributed by atoms with Crippen LogP contribution in [0.3, 0.4) is 0 Å². The maximum absolute atomic E-state index is 11.0. The summed E-state index contributed by atoms with van der Waals surface area (Å²) in [5.74, 6) is -0.0779. The van der Waals surface area contributed by atoms with E-state index in [0.29, 0.717) is 0 Å². The van der Waals surface area contributed by atoms with Crippen molar-refractivity contribution < 1.29 is 4.79 Å². The summed E-state index contributed by atoms with van der Waals surface area (Å²) in [4.78, 5) is 11.0. The molecule has 0 aromatic carbocycles. The number of nitrogens with one attached hydrogen (secondary N) is 1. The van der Waals surface area contributed by atoms with Gasteiger partial charge in [0.15, 0.2) is 0 Å². The first kappa shape index (κ1) is 10.6. The minimum Gasteiger partial charge on any atom is -0.356 e. The second-order valence-electron chi connectivity index (χ2n) is 3.33. The van der Waals surface area contributed by atoms with Gasteiger partial charge in [0.1, 0.15) is 0 Å². The van der Waals surface area contributed by atoms with Crippen molar-refractivity contribution in [3.63, 3.8) is 0 Å². The number of nitrogens with zero attached hydrogens (tertiary/aromatic N) is 1. The van der Waals surface area contributed by atoms with E-state index in [2.05, 4.69) is 16.0 Å². The summed E-state index contributed by atoms with van der Waals surface area (Å²) in [6.07, 6.45) is 3.38. The van der Waals surface area contributed by atoms with Gasteiger partial charge in [-0.25, -0.2) is 0 Å². The molecule has 3 heteroatoms. The molecule has 0 aliphatic heterocycles. The lowest BCUT2D eigenvalue weighted by molar-refractivity contribution is -0.115. The quantitative estimate of drug-likeness (QED) is 0.706. The molecule has 0 bridgehead atoms. The molecule has 0 fully saturated rings. The monoisotopic (exact) mass is 192 g/mol. The maximum Gasteiger partial charge on any atom is 0.243 e. The van der Waals surface area contributed by atoms with Crippen molar-refractivity contribution >= 4 is 12.0 Å². The number of carbonyl (C=O) groups is 1. The average Bonchev–Trinajstić information content (AvgIpc) is 2.42. The lowest BCUT2D eigenvalue weighted by atomic mass is 10.2. The highest BCUT2D eigenvalue weighted by atomic mass is 16.1. The summed E-state index contributed by atoms with van der Waals surface area (Å²) in [6.45, 7) is 4.08. The van der Waals surface area contributed by atoms with E-state index in [4.69, 9.17) is 0 Å². The van der Waals surface area contributed by atoms with Gasteiger partial charge in [0, 0.05) is 31.6 Å². The van der Waals surface area contributed by atoms with Crippen LogP contribution >= 0.6 is 0 Å². The first-order valence-electron chi connectivity index (χ1n) is 4.59. The van der Waals surface area contributed by atoms with Crippen LogP contribution in [0.4, 0.5) is 0 Å². The van der Waals surface area contributed by atoms with Crippen LogP contribution in [0.1, 0.15) is 17.0 Å². The van der Waals surface area contributed by atoms with Gasteiger partial charge in [-0.05, 0) is 31.6 Å². The molecule has 0 aliphatic carbocycles. The SMILES string of the molecule is CNC(=O)/C=C/c1cc(C)n(C)c1C. The van der Waals surface area contributed by atoms with Gasteiger partial charge in [0.25, 0.3) is 0 Å². The highest BCUT2D eigenvalue weighted by Crippen LogP contribution is 2.14. The fraction of sp³-hybridized carbons (Fsp3) is 0.364. The molecule has 0 radical (unpaired) electrons. The Hall–Kier alpha value is -1.51. The number of hydrogen-bond acceptors (Lipinski definition) is 1. The van der Waals surface area contributed by atoms with E-state index in [1.165, 1.54) is 11.4 Å². The minimum atomic E-state index is -0.0779. The number of amides is 1. The van der Waals surface area contributed by atoms with E-state index in [9.17, 15) is 4.79 Å². The molecule has 0 unspecified atom stereocenters. The van der Waals surface area contributed by atoms with Gasteiger partial charge in [-0.15, -0.1) is 0 Å². The predicted octanol–water partition coefficient (Wildman–Crippen LogP) is 1.40. The van der Waals surface area contributed by atoms with Crippen molar-refractivity contribution in [1.29, 1.82) is 0 Å². The molecule has 3 nitrogen and oxygen atoms in total. The molecule has 0 spiro atoms. The molecule has 1 N–H and O–H groups in total. The lowest BCUT2D eigenvalue weighted by Gasteiger charge is -1.98. The maximum atomic E-state index is 11.0. The Morgan fingerprint density at radius 2 is 2.14 bits per heavy atom. The molecule has 14 heavy (non-hydrogen) atoms. The summed E-state index contributed by atoms with van der Waals surface area (Å²) in [5.41, 5.74) is 3.45. The van der Waals surface area contributed by atoms with Gasteiger partial charge >= 0.3 is 0 Å². The minimum absolute atomic E-state index is 0.0779. The molecule has 1 heterocycles. The third kappa shape index (κ3) is 2.05. The van der Waals surface area contributed by atoms with Crippen molar-refractivity contribution in [2.45, 2.75) is 13.8 Å². The molecule has 0 saturated carbocycles. The van der Waals surface area contributed by atoms with Gasteiger partial charge in [-0.3, -0.25) is 4.79 Å². The molecule has 1 amide bonds. The second-order valence-corrected chi connectivity index (χ2v) is 3.33. The number of aryl methyl sites for hydroxylation is 1. The van der Waals surface area contributed by atoms with Crippen LogP contribution in [0.5, 0.6) is 0 Å². The first-order chi connectivity index (χ1) is 6.56. The van der Waals surface area contributed by atoms with Crippen LogP contribution in [0.2, 0.25) is 0 Å². The zero-order valence-corrected chi connectivity index (χ0v) is 9.09. The van der Waals surface area contributed by atoms with Crippen molar-refractivity contribution in [2.75, 3.05) is 7.05 Å². The van der Waals surface area contributed by atoms with Gasteiger partial charge in [0.2, 0.25) is 5.91 Å². The van der Waals surface area contributed by atoms with Gasteiger partial charge < -0.3 is 9.88 Å². The summed E-state index contributed by atoms with van der Waals surface area (Å²) >= 11 is 0. The molecule has 0 aliphatic rings. The third-order valence-electron chi connectivity index (χ3n) is 2.48. The van der Waals surface area contributed by atoms with E-state index >= 15 is 0 Å². The highest BCUT2D eigenvalue weighted by molar-refractivity contribution is 5.91. The summed E-state index contributed by atoms with van der Waals surface area (Å²) < 4.78 is 2.10. The zero-order valence-electron chi connectivity index (χ0n) is 9.09. The fourth-order valence-electron chi connectivity index (χ4n) is 1.30. The van der Waals surface area contributed by atoms with E-state index in [1.807, 2.05) is 27.0 Å². The van der Waals surface area contributed by atoms with Crippen molar-refractivity contribution in [3.05, 3.63) is 29.1 Å². The van der Waals surface area contributed by atoms with Crippen LogP contribution in [0.15, 0.2) is 12.1 Å². The molecular formula is C11H16N2O. The largest absolute Gasteiger partial charge is 0.356 e. The summed E-state index contributed by atoms with van der Waals surface area (Å²) in [5, 5.41) is 2.54. The topological polar surface area (TPSA) is 34.0 Å². The van der Waals surface area contributed by atoms with Crippen LogP contribution in [0.25, 0.3) is 6.08 Å². The van der Waals surface area contributed by atoms with Gasteiger partial charge in [0.05, 0.1) is 0 Å². The highest BCUT2D eigenvalue weighted by Gasteiger charge is 2.02. The lowest BCUT2D eigenvalue weighted by Crippen LogP contribution is -2.13. The van der Waals surface area contributed by atoms with Crippen molar-refractivity contribution in [2.24, 2.45) is 7.05 Å². The van der Waals surface area contributed by atoms with E-state index in [1.54, 1.807) is 13.1 Å². The molecule has 76 valence electrons. The van der Waals surface area contributed by atoms with Crippen LogP contribution in [0, 0.1) is 13.8 Å². The molecule has 1 rings (SSSR count). The Bertz CT molecular complexity index is 375. The molecule has 0 saturated heterocycles. The van der Waals surface area contributed by atoms with Crippen LogP contribution in [-0.4, -0.2) is 17.5 Å². The Morgan fingerprint density at radius 1 is 1.50 bits per heavy atom. The van der Waals surface area contributed by atoms with Crippen molar-refractivity contribution in [1.82, 2.24) is 9.88 Å². The third-order valence-corrected chi connectivity index (χ3v) is 2.48. The van der Waals surface area contributed by atoms with E-state index in [-0.39, 0.29) is 5.91 Å². The number of carbonyl (C=O) groups excluding carboxylic acids is 1. The smallest absolute Gasteiger partial charge is 0.243 e. The summed E-state index contributed by atoms with van der Waals surface area (Å²) in [6, 6.07) is 2.06. The van der Waals surface area contributed by atoms with Crippen LogP contribution in [-0.2, 0) is 11.8 Å². The molecule has 1 aromatic rings. The first-order valence-corrected chi connectivity index (χ1v) is 4.59. The Kier molecular flexibility index (Phi) is 3.12. The fourth-order valence-corrected chi connectivity index (χ4v) is 1.30. The molecule has 1 aromatic heterocycles. The van der Waals surface area contributed by atoms with Gasteiger partial charge in [-0.1, -0.05) is 0 Å². The number of aromatic nitrogens is 1. The Labute approximate surface area is 84.4 Å². The standard InChI is InChI=1S/C11H16N2O/c1-8-7-10(9(2)13(8)4)5-6-11(14)12-3/h5-7H,1-4H3,(H,12,14)/b6-5+. The molecule has 0 atom stereocenters. The van der Waals surface area contributed by atoms with E-state index in [0.717, 1.165) is 5.56 Å². The van der Waals surface area contributed by atoms with E-state index < -0.39 is 0 Å². The Balaban J connectivity index is 2.92. The average molecular weight is 192 g/mol. The molecular weight excluding hydrogens is 176 g/mol. The predicted molar refractivity (Wildman–Crippen MR) is 58.0 cm³/mol. The number of rotatable bonds is 2. The zero-order chi connectivity index (χ0) is 10.7.